The Balaban J connectivity index is 1.63. The van der Waals surface area contributed by atoms with Crippen LogP contribution in [0, 0.1) is 20.8 Å². The van der Waals surface area contributed by atoms with Crippen molar-refractivity contribution in [2.75, 3.05) is 12.3 Å². The van der Waals surface area contributed by atoms with Crippen LogP contribution in [0.5, 0.6) is 0 Å². The molecule has 0 fully saturated rings. The fourth-order valence-corrected chi connectivity index (χ4v) is 4.41. The van der Waals surface area contributed by atoms with Gasteiger partial charge in [-0.15, -0.1) is 10.2 Å². The predicted molar refractivity (Wildman–Crippen MR) is 97.3 cm³/mol. The highest BCUT2D eigenvalue weighted by Crippen LogP contribution is 2.18. The zero-order valence-electron chi connectivity index (χ0n) is 14.2. The van der Waals surface area contributed by atoms with Gasteiger partial charge in [-0.2, -0.15) is 0 Å². The number of nitrogens with zero attached hydrogens (tertiary/aromatic N) is 4. The molecule has 3 rings (SSSR count). The Bertz CT molecular complexity index is 997. The van der Waals surface area contributed by atoms with Crippen molar-refractivity contribution < 1.29 is 8.42 Å². The van der Waals surface area contributed by atoms with E-state index in [0.29, 0.717) is 23.2 Å². The first-order valence-electron chi connectivity index (χ1n) is 7.75. The van der Waals surface area contributed by atoms with E-state index in [1.165, 1.54) is 11.8 Å². The Morgan fingerprint density at radius 2 is 1.84 bits per heavy atom. The van der Waals surface area contributed by atoms with E-state index >= 15 is 0 Å². The van der Waals surface area contributed by atoms with Crippen molar-refractivity contribution in [3.05, 3.63) is 47.3 Å². The molecule has 2 aromatic heterocycles. The van der Waals surface area contributed by atoms with Gasteiger partial charge in [0.1, 0.15) is 0 Å². The van der Waals surface area contributed by atoms with E-state index < -0.39 is 10.0 Å². The summed E-state index contributed by atoms with van der Waals surface area (Å²) in [6, 6.07) is 8.73. The van der Waals surface area contributed by atoms with Crippen LogP contribution < -0.4 is 4.72 Å². The maximum atomic E-state index is 12.2. The molecule has 1 aromatic carbocycles. The Morgan fingerprint density at radius 3 is 2.56 bits per heavy atom. The molecule has 0 atom stereocenters. The molecule has 2 heterocycles. The lowest BCUT2D eigenvalue weighted by atomic mass is 10.2. The molecule has 0 radical (unpaired) electrons. The lowest BCUT2D eigenvalue weighted by Crippen LogP contribution is -2.26. The fraction of sp³-hybridized carbons (Fsp3) is 0.312. The smallest absolute Gasteiger partial charge is 0.256 e. The van der Waals surface area contributed by atoms with Crippen LogP contribution in [0.4, 0.5) is 0 Å². The lowest BCUT2D eigenvalue weighted by Gasteiger charge is -2.07. The second-order valence-electron chi connectivity index (χ2n) is 5.72. The second-order valence-corrected chi connectivity index (χ2v) is 8.55. The van der Waals surface area contributed by atoms with Crippen LogP contribution in [0.15, 0.2) is 40.4 Å². The quantitative estimate of drug-likeness (QED) is 0.523. The average molecular weight is 377 g/mol. The van der Waals surface area contributed by atoms with Crippen LogP contribution in [-0.4, -0.2) is 40.3 Å². The minimum Gasteiger partial charge on any atom is -0.259 e. The molecule has 0 saturated carbocycles. The van der Waals surface area contributed by atoms with Crippen molar-refractivity contribution in [3.63, 3.8) is 0 Å². The van der Waals surface area contributed by atoms with Gasteiger partial charge in [-0.1, -0.05) is 29.5 Å². The number of thioether (sulfide) groups is 1. The molecule has 0 saturated heterocycles. The van der Waals surface area contributed by atoms with Gasteiger partial charge in [-0.05, 0) is 39.0 Å². The number of hydrogen-bond acceptors (Lipinski definition) is 6. The number of hydrogen-bond donors (Lipinski definition) is 1. The predicted octanol–water partition coefficient (Wildman–Crippen LogP) is 2.12. The lowest BCUT2D eigenvalue weighted by molar-refractivity contribution is 0.584. The van der Waals surface area contributed by atoms with Gasteiger partial charge in [0.05, 0.1) is 4.90 Å². The maximum absolute atomic E-state index is 12.2. The zero-order chi connectivity index (χ0) is 18.0. The summed E-state index contributed by atoms with van der Waals surface area (Å²) in [5.74, 6) is 1.10. The largest absolute Gasteiger partial charge is 0.259 e. The Kier molecular flexibility index (Phi) is 5.07. The molecule has 0 spiro atoms. The summed E-state index contributed by atoms with van der Waals surface area (Å²) < 4.78 is 29.0. The monoisotopic (exact) mass is 377 g/mol. The minimum absolute atomic E-state index is 0.270. The first-order valence-corrected chi connectivity index (χ1v) is 10.2. The number of aryl methyl sites for hydroxylation is 3. The highest BCUT2D eigenvalue weighted by Gasteiger charge is 2.14. The molecule has 3 aromatic rings. The Labute approximate surface area is 150 Å². The summed E-state index contributed by atoms with van der Waals surface area (Å²) in [6.45, 7) is 6.10. The van der Waals surface area contributed by atoms with Crippen molar-refractivity contribution in [1.82, 2.24) is 24.3 Å². The maximum Gasteiger partial charge on any atom is 0.256 e. The minimum atomic E-state index is -3.49. The van der Waals surface area contributed by atoms with Crippen LogP contribution in [0.3, 0.4) is 0 Å². The molecule has 0 bridgehead atoms. The number of nitrogens with one attached hydrogen (secondary N) is 1. The molecule has 0 unspecified atom stereocenters. The van der Waals surface area contributed by atoms with Crippen molar-refractivity contribution in [3.8, 4) is 0 Å². The first kappa shape index (κ1) is 17.8. The van der Waals surface area contributed by atoms with Crippen LogP contribution in [0.25, 0.3) is 5.78 Å². The molecule has 0 amide bonds. The second kappa shape index (κ2) is 7.11. The van der Waals surface area contributed by atoms with Crippen molar-refractivity contribution in [1.29, 1.82) is 0 Å². The standard InChI is InChI=1S/C16H19N5O2S2/c1-11-4-6-14(7-5-11)25(22,23)17-8-9-24-16-20-19-15-18-12(2)10-13(3)21(15)16/h4-7,10,17H,8-9H2,1-3H3. The fourth-order valence-electron chi connectivity index (χ4n) is 2.41. The van der Waals surface area contributed by atoms with Gasteiger partial charge in [0.15, 0.2) is 5.16 Å². The van der Waals surface area contributed by atoms with Crippen LogP contribution in [-0.2, 0) is 10.0 Å². The number of aromatic nitrogens is 4. The highest BCUT2D eigenvalue weighted by molar-refractivity contribution is 7.99. The van der Waals surface area contributed by atoms with E-state index in [4.69, 9.17) is 0 Å². The number of sulfonamides is 1. The molecular weight excluding hydrogens is 358 g/mol. The van der Waals surface area contributed by atoms with E-state index in [2.05, 4.69) is 19.9 Å². The molecular formula is C16H19N5O2S2. The first-order chi connectivity index (χ1) is 11.9. The molecule has 0 aliphatic heterocycles. The van der Waals surface area contributed by atoms with Crippen molar-refractivity contribution >= 4 is 27.6 Å². The third kappa shape index (κ3) is 4.00. The van der Waals surface area contributed by atoms with Gasteiger partial charge in [-0.3, -0.25) is 4.40 Å². The van der Waals surface area contributed by atoms with E-state index in [9.17, 15) is 8.42 Å². The Morgan fingerprint density at radius 1 is 1.12 bits per heavy atom. The summed E-state index contributed by atoms with van der Waals surface area (Å²) in [4.78, 5) is 4.61. The molecule has 1 N–H and O–H groups in total. The highest BCUT2D eigenvalue weighted by atomic mass is 32.2. The number of rotatable bonds is 6. The molecule has 0 aliphatic carbocycles. The van der Waals surface area contributed by atoms with Crippen LogP contribution >= 0.6 is 11.8 Å². The van der Waals surface area contributed by atoms with Gasteiger partial charge in [0.2, 0.25) is 10.0 Å². The molecule has 7 nitrogen and oxygen atoms in total. The molecule has 0 aliphatic rings. The van der Waals surface area contributed by atoms with Crippen molar-refractivity contribution in [2.45, 2.75) is 30.8 Å². The molecule has 132 valence electrons. The van der Waals surface area contributed by atoms with Crippen LogP contribution in [0.1, 0.15) is 17.0 Å². The number of fused-ring (bicyclic) bond motifs is 1. The summed E-state index contributed by atoms with van der Waals surface area (Å²) in [6.07, 6.45) is 0. The van der Waals surface area contributed by atoms with E-state index in [1.807, 2.05) is 31.2 Å². The van der Waals surface area contributed by atoms with Gasteiger partial charge in [0.25, 0.3) is 5.78 Å². The zero-order valence-corrected chi connectivity index (χ0v) is 15.9. The van der Waals surface area contributed by atoms with E-state index in [0.717, 1.165) is 17.0 Å². The van der Waals surface area contributed by atoms with Gasteiger partial charge in [-0.25, -0.2) is 18.1 Å². The summed E-state index contributed by atoms with van der Waals surface area (Å²) in [5.41, 5.74) is 2.91. The summed E-state index contributed by atoms with van der Waals surface area (Å²) in [5, 5.41) is 8.90. The third-order valence-electron chi connectivity index (χ3n) is 3.62. The summed E-state index contributed by atoms with van der Waals surface area (Å²) >= 11 is 1.44. The molecule has 25 heavy (non-hydrogen) atoms. The van der Waals surface area contributed by atoms with Gasteiger partial charge >= 0.3 is 0 Å². The third-order valence-corrected chi connectivity index (χ3v) is 6.03. The van der Waals surface area contributed by atoms with Gasteiger partial charge in [0, 0.05) is 23.7 Å². The molecule has 9 heteroatoms. The van der Waals surface area contributed by atoms with Crippen LogP contribution in [0.2, 0.25) is 0 Å². The average Bonchev–Trinajstić information content (AvgIpc) is 2.95. The normalized spacial score (nSPS) is 12.0. The number of benzene rings is 1. The summed E-state index contributed by atoms with van der Waals surface area (Å²) in [7, 11) is -3.49. The SMILES string of the molecule is Cc1ccc(S(=O)(=O)NCCSc2nnc3nc(C)cc(C)n23)cc1. The Hall–Kier alpha value is -1.97. The topological polar surface area (TPSA) is 89.2 Å². The van der Waals surface area contributed by atoms with Gasteiger partial charge < -0.3 is 0 Å². The van der Waals surface area contributed by atoms with E-state index in [-0.39, 0.29) is 4.90 Å². The van der Waals surface area contributed by atoms with E-state index in [1.54, 1.807) is 24.3 Å². The van der Waals surface area contributed by atoms with Crippen molar-refractivity contribution in [2.24, 2.45) is 0 Å².